The topological polar surface area (TPSA) is 172 Å². The van der Waals surface area contributed by atoms with Crippen LogP contribution in [0, 0.1) is 12.8 Å². The van der Waals surface area contributed by atoms with Crippen molar-refractivity contribution in [3.05, 3.63) is 77.1 Å². The molecule has 246 valence electrons. The Hall–Kier alpha value is -5.42. The summed E-state index contributed by atoms with van der Waals surface area (Å²) in [7, 11) is 1.30. The fourth-order valence-electron chi connectivity index (χ4n) is 4.14. The van der Waals surface area contributed by atoms with Crippen LogP contribution in [0.2, 0.25) is 0 Å². The van der Waals surface area contributed by atoms with Crippen LogP contribution in [0.15, 0.2) is 76.4 Å². The number of amides is 2. The molecular weight excluding hydrogens is 614 g/mol. The zero-order chi connectivity index (χ0) is 34.1. The van der Waals surface area contributed by atoms with Gasteiger partial charge in [-0.25, -0.2) is 13.2 Å². The second-order valence-corrected chi connectivity index (χ2v) is 11.6. The SMILES string of the molecule is C#C.COC(=O)Nc1ccc(S(C)(=O)=O)cc1.COc1ccccc1OC.O=C(CNc1ccc2[nH][nH]c(=O)c2c1)N1CCCC1. The van der Waals surface area contributed by atoms with E-state index in [0.29, 0.717) is 11.1 Å². The van der Waals surface area contributed by atoms with Gasteiger partial charge in [-0.05, 0) is 67.4 Å². The van der Waals surface area contributed by atoms with Gasteiger partial charge in [-0.3, -0.25) is 25.1 Å². The highest BCUT2D eigenvalue weighted by atomic mass is 32.2. The number of terminal acetylenes is 1. The second-order valence-electron chi connectivity index (χ2n) is 9.55. The highest BCUT2D eigenvalue weighted by Crippen LogP contribution is 2.24. The molecular formula is C32H39N5O8S. The van der Waals surface area contributed by atoms with Crippen LogP contribution in [0.1, 0.15) is 12.8 Å². The van der Waals surface area contributed by atoms with Crippen LogP contribution in [-0.2, 0) is 19.4 Å². The van der Waals surface area contributed by atoms with Crippen molar-refractivity contribution in [2.75, 3.05) is 57.9 Å². The zero-order valence-corrected chi connectivity index (χ0v) is 27.0. The number of methoxy groups -OCH3 is 3. The van der Waals surface area contributed by atoms with Gasteiger partial charge in [0.25, 0.3) is 5.56 Å². The highest BCUT2D eigenvalue weighted by Gasteiger charge is 2.17. The molecule has 2 amide bonds. The van der Waals surface area contributed by atoms with E-state index < -0.39 is 15.9 Å². The van der Waals surface area contributed by atoms with Crippen molar-refractivity contribution >= 4 is 44.1 Å². The van der Waals surface area contributed by atoms with Gasteiger partial charge in [-0.1, -0.05) is 12.1 Å². The second kappa shape index (κ2) is 18.4. The monoisotopic (exact) mass is 653 g/mol. The van der Waals surface area contributed by atoms with Crippen molar-refractivity contribution in [3.63, 3.8) is 0 Å². The van der Waals surface area contributed by atoms with Crippen molar-refractivity contribution in [1.29, 1.82) is 0 Å². The molecule has 2 heterocycles. The maximum absolute atomic E-state index is 11.9. The van der Waals surface area contributed by atoms with Crippen LogP contribution in [0.25, 0.3) is 10.9 Å². The van der Waals surface area contributed by atoms with Crippen molar-refractivity contribution in [3.8, 4) is 24.3 Å². The molecule has 0 spiro atoms. The molecule has 4 N–H and O–H groups in total. The number of carbonyl (C=O) groups excluding carboxylic acids is 2. The first-order valence-corrected chi connectivity index (χ1v) is 15.8. The van der Waals surface area contributed by atoms with Gasteiger partial charge in [-0.15, -0.1) is 12.8 Å². The lowest BCUT2D eigenvalue weighted by Crippen LogP contribution is -2.32. The predicted molar refractivity (Wildman–Crippen MR) is 178 cm³/mol. The smallest absolute Gasteiger partial charge is 0.411 e. The molecule has 0 saturated carbocycles. The van der Waals surface area contributed by atoms with E-state index in [4.69, 9.17) is 9.47 Å². The van der Waals surface area contributed by atoms with Gasteiger partial charge in [0.05, 0.1) is 43.7 Å². The number of anilines is 2. The Balaban J connectivity index is 0.000000245. The summed E-state index contributed by atoms with van der Waals surface area (Å²) < 4.78 is 36.6. The molecule has 0 radical (unpaired) electrons. The van der Waals surface area contributed by atoms with E-state index in [9.17, 15) is 22.8 Å². The van der Waals surface area contributed by atoms with E-state index in [1.807, 2.05) is 41.3 Å². The molecule has 0 unspecified atom stereocenters. The molecule has 3 aromatic carbocycles. The largest absolute Gasteiger partial charge is 0.493 e. The first-order valence-electron chi connectivity index (χ1n) is 13.9. The van der Waals surface area contributed by atoms with Crippen molar-refractivity contribution in [2.45, 2.75) is 17.7 Å². The van der Waals surface area contributed by atoms with E-state index in [1.54, 1.807) is 20.3 Å². The van der Waals surface area contributed by atoms with E-state index in [1.165, 1.54) is 31.4 Å². The number of hydrogen-bond acceptors (Lipinski definition) is 9. The lowest BCUT2D eigenvalue weighted by molar-refractivity contribution is -0.128. The summed E-state index contributed by atoms with van der Waals surface area (Å²) in [4.78, 5) is 36.3. The number of hydrogen-bond donors (Lipinski definition) is 4. The highest BCUT2D eigenvalue weighted by molar-refractivity contribution is 7.90. The van der Waals surface area contributed by atoms with Gasteiger partial charge in [0, 0.05) is 30.7 Å². The molecule has 0 bridgehead atoms. The third-order valence-corrected chi connectivity index (χ3v) is 7.61. The lowest BCUT2D eigenvalue weighted by atomic mass is 10.2. The van der Waals surface area contributed by atoms with Crippen molar-refractivity contribution in [1.82, 2.24) is 15.1 Å². The number of likely N-dealkylation sites (tertiary alicyclic amines) is 1. The first kappa shape index (κ1) is 36.8. The summed E-state index contributed by atoms with van der Waals surface area (Å²) in [6.07, 6.45) is 10.7. The number of sulfone groups is 1. The number of H-pyrrole nitrogens is 2. The summed E-state index contributed by atoms with van der Waals surface area (Å²) in [5.41, 5.74) is 1.88. The molecule has 1 aromatic heterocycles. The number of para-hydroxylation sites is 2. The van der Waals surface area contributed by atoms with Gasteiger partial charge in [0.15, 0.2) is 21.3 Å². The van der Waals surface area contributed by atoms with Gasteiger partial charge in [0.2, 0.25) is 5.91 Å². The van der Waals surface area contributed by atoms with E-state index in [0.717, 1.165) is 54.9 Å². The van der Waals surface area contributed by atoms with Crippen LogP contribution in [-0.4, -0.2) is 82.7 Å². The number of ether oxygens (including phenoxy) is 3. The van der Waals surface area contributed by atoms with Gasteiger partial charge in [-0.2, -0.15) is 0 Å². The average Bonchev–Trinajstić information content (AvgIpc) is 3.75. The molecule has 14 heteroatoms. The number of nitrogens with zero attached hydrogens (tertiary/aromatic N) is 1. The summed E-state index contributed by atoms with van der Waals surface area (Å²) in [5, 5.41) is 11.4. The molecule has 1 saturated heterocycles. The van der Waals surface area contributed by atoms with Crippen molar-refractivity contribution in [2.24, 2.45) is 0 Å². The first-order chi connectivity index (χ1) is 22.0. The number of aromatic amines is 2. The van der Waals surface area contributed by atoms with Crippen LogP contribution in [0.5, 0.6) is 11.5 Å². The minimum Gasteiger partial charge on any atom is -0.493 e. The molecule has 4 aromatic rings. The zero-order valence-electron chi connectivity index (χ0n) is 26.2. The minimum absolute atomic E-state index is 0.112. The van der Waals surface area contributed by atoms with Crippen LogP contribution in [0.4, 0.5) is 16.2 Å². The Morgan fingerprint density at radius 3 is 1.96 bits per heavy atom. The van der Waals surface area contributed by atoms with Gasteiger partial charge < -0.3 is 24.4 Å². The Kier molecular flexibility index (Phi) is 14.7. The molecule has 1 aliphatic rings. The standard InChI is InChI=1S/C13H16N4O2.C9H11NO4S.C8H10O2.C2H2/c18-12(17-5-1-2-6-17)8-14-9-3-4-11-10(7-9)13(19)16-15-11;1-14-9(11)10-7-3-5-8(6-4-7)15(2,12)13;1-9-7-5-3-4-6-8(7)10-2;1-2/h3-4,7,14H,1-2,5-6,8H2,(H2,15,16,19);3-6H,1-2H3,(H,10,11);3-6H,1-2H3;1-2H. The number of benzene rings is 3. The predicted octanol–water partition coefficient (Wildman–Crippen LogP) is 4.11. The third-order valence-electron chi connectivity index (χ3n) is 6.48. The maximum atomic E-state index is 11.9. The molecule has 0 aliphatic carbocycles. The Labute approximate surface area is 268 Å². The van der Waals surface area contributed by atoms with Crippen LogP contribution >= 0.6 is 0 Å². The molecule has 1 fully saturated rings. The van der Waals surface area contributed by atoms with Crippen LogP contribution < -0.4 is 25.7 Å². The third kappa shape index (κ3) is 11.3. The van der Waals surface area contributed by atoms with Gasteiger partial charge >= 0.3 is 6.09 Å². The van der Waals surface area contributed by atoms with E-state index in [2.05, 4.69) is 38.4 Å². The molecule has 1 aliphatic heterocycles. The van der Waals surface area contributed by atoms with Crippen molar-refractivity contribution < 1.29 is 32.2 Å². The summed E-state index contributed by atoms with van der Waals surface area (Å²) in [5.74, 6) is 1.65. The fraction of sp³-hybridized carbons (Fsp3) is 0.281. The number of rotatable bonds is 7. The summed E-state index contributed by atoms with van der Waals surface area (Å²) in [6, 6.07) is 18.8. The van der Waals surface area contributed by atoms with Gasteiger partial charge in [0.1, 0.15) is 0 Å². The average molecular weight is 654 g/mol. The minimum atomic E-state index is -3.20. The van der Waals surface area contributed by atoms with E-state index >= 15 is 0 Å². The molecule has 0 atom stereocenters. The Morgan fingerprint density at radius 1 is 0.870 bits per heavy atom. The quantitative estimate of drug-likeness (QED) is 0.214. The molecule has 13 nitrogen and oxygen atoms in total. The maximum Gasteiger partial charge on any atom is 0.411 e. The lowest BCUT2D eigenvalue weighted by Gasteiger charge is -2.15. The Morgan fingerprint density at radius 2 is 1.43 bits per heavy atom. The van der Waals surface area contributed by atoms with Crippen LogP contribution in [0.3, 0.4) is 0 Å². The Bertz CT molecular complexity index is 1720. The summed E-state index contributed by atoms with van der Waals surface area (Å²) >= 11 is 0. The number of nitrogens with one attached hydrogen (secondary N) is 4. The molecule has 5 rings (SSSR count). The number of fused-ring (bicyclic) bond motifs is 1. The molecule has 46 heavy (non-hydrogen) atoms. The number of carbonyl (C=O) groups is 2. The normalized spacial score (nSPS) is 11.7. The summed E-state index contributed by atoms with van der Waals surface area (Å²) in [6.45, 7) is 1.99. The fourth-order valence-corrected chi connectivity index (χ4v) is 4.77. The number of aromatic nitrogens is 2. The van der Waals surface area contributed by atoms with E-state index in [-0.39, 0.29) is 22.9 Å².